The van der Waals surface area contributed by atoms with Crippen LogP contribution >= 0.6 is 0 Å². The van der Waals surface area contributed by atoms with Crippen molar-refractivity contribution in [3.05, 3.63) is 191 Å². The molecular formula is C53H34BN. The van der Waals surface area contributed by atoms with Gasteiger partial charge in [0.05, 0.1) is 17.1 Å². The van der Waals surface area contributed by atoms with E-state index in [-0.39, 0.29) is 5.41 Å². The summed E-state index contributed by atoms with van der Waals surface area (Å²) in [5, 5.41) is 5.56. The number of allylic oxidation sites excluding steroid dienone is 11. The Morgan fingerprint density at radius 2 is 1.22 bits per heavy atom. The molecule has 254 valence electrons. The summed E-state index contributed by atoms with van der Waals surface area (Å²) in [6.07, 6.45) is 25.6. The lowest BCUT2D eigenvalue weighted by atomic mass is 9.10. The van der Waals surface area contributed by atoms with Gasteiger partial charge in [-0.2, -0.15) is 0 Å². The minimum atomic E-state index is -0.257. The first-order valence-electron chi connectivity index (χ1n) is 20.6. The third-order valence-corrected chi connectivity index (χ3v) is 16.7. The van der Waals surface area contributed by atoms with Crippen molar-refractivity contribution in [2.24, 2.45) is 23.7 Å². The van der Waals surface area contributed by atoms with Gasteiger partial charge in [0.25, 0.3) is 0 Å². The topological polar surface area (TPSA) is 3.24 Å². The van der Waals surface area contributed by atoms with Gasteiger partial charge >= 0.3 is 0 Å². The van der Waals surface area contributed by atoms with Crippen LogP contribution in [0.25, 0.3) is 49.9 Å². The second kappa shape index (κ2) is 8.82. The Labute approximate surface area is 320 Å². The summed E-state index contributed by atoms with van der Waals surface area (Å²) < 4.78 is 0. The van der Waals surface area contributed by atoms with E-state index in [9.17, 15) is 0 Å². The molecular weight excluding hydrogens is 661 g/mol. The number of anilines is 3. The fourth-order valence-corrected chi connectivity index (χ4v) is 15.4. The van der Waals surface area contributed by atoms with Crippen molar-refractivity contribution in [1.82, 2.24) is 0 Å². The standard InChI is InChI=1S/C53H34BN/c1-7-27-19-23-39-48-43(27)31(11-1)35-15-5-16-36-32-12-2-8-28-20-24-40(49(44(28)32)54(48)47(35)36)53(39)41-25-21-29-9-3-13-33-37-17-6-18-38-34-14-4-10-30-22-26-42(53)52(46(30)34)55(50(37)38)51(41)45(29)33/h1-26,31,36,39-40,43,47-49H. The van der Waals surface area contributed by atoms with Crippen molar-refractivity contribution >= 4 is 51.4 Å². The molecule has 10 aliphatic rings. The predicted octanol–water partition coefficient (Wildman–Crippen LogP) is 12.8. The lowest BCUT2D eigenvalue weighted by molar-refractivity contribution is 0.188. The van der Waals surface area contributed by atoms with Gasteiger partial charge < -0.3 is 4.90 Å². The van der Waals surface area contributed by atoms with Crippen LogP contribution in [0.2, 0.25) is 11.6 Å². The molecule has 8 unspecified atom stereocenters. The quantitative estimate of drug-likeness (QED) is 0.143. The molecule has 55 heavy (non-hydrogen) atoms. The molecule has 2 saturated heterocycles. The van der Waals surface area contributed by atoms with Crippen LogP contribution in [0, 0.1) is 23.7 Å². The molecule has 6 aliphatic heterocycles. The van der Waals surface area contributed by atoms with E-state index >= 15 is 0 Å². The van der Waals surface area contributed by atoms with Crippen molar-refractivity contribution in [1.29, 1.82) is 0 Å². The van der Waals surface area contributed by atoms with Crippen molar-refractivity contribution in [2.75, 3.05) is 4.90 Å². The zero-order valence-corrected chi connectivity index (χ0v) is 30.2. The lowest BCUT2D eigenvalue weighted by Gasteiger charge is -2.69. The van der Waals surface area contributed by atoms with Crippen LogP contribution in [0.3, 0.4) is 0 Å². The number of benzene rings is 6. The van der Waals surface area contributed by atoms with Crippen LogP contribution in [0.1, 0.15) is 39.6 Å². The Balaban J connectivity index is 1.13. The van der Waals surface area contributed by atoms with E-state index in [0.29, 0.717) is 53.8 Å². The number of hydrogen-bond donors (Lipinski definition) is 0. The summed E-state index contributed by atoms with van der Waals surface area (Å²) in [5.41, 5.74) is 20.6. The van der Waals surface area contributed by atoms with Gasteiger partial charge in [-0.25, -0.2) is 0 Å². The molecule has 6 aromatic rings. The summed E-state index contributed by atoms with van der Waals surface area (Å²) in [6, 6.07) is 38.6. The van der Waals surface area contributed by atoms with Gasteiger partial charge in [0.2, 0.25) is 0 Å². The molecule has 1 spiro atoms. The fourth-order valence-electron chi connectivity index (χ4n) is 15.4. The second-order valence-electron chi connectivity index (χ2n) is 18.1. The minimum absolute atomic E-state index is 0.257. The molecule has 6 heterocycles. The molecule has 0 bridgehead atoms. The van der Waals surface area contributed by atoms with Crippen LogP contribution in [0.15, 0.2) is 163 Å². The van der Waals surface area contributed by atoms with Gasteiger partial charge in [0, 0.05) is 39.2 Å². The Hall–Kier alpha value is -5.86. The highest BCUT2D eigenvalue weighted by atomic mass is 15.2. The van der Waals surface area contributed by atoms with Crippen molar-refractivity contribution in [3.63, 3.8) is 0 Å². The van der Waals surface area contributed by atoms with Gasteiger partial charge in [-0.1, -0.05) is 163 Å². The molecule has 8 atom stereocenters. The Bertz CT molecular complexity index is 3020. The van der Waals surface area contributed by atoms with Crippen molar-refractivity contribution in [2.45, 2.75) is 28.8 Å². The van der Waals surface area contributed by atoms with Crippen LogP contribution in [0.4, 0.5) is 17.1 Å². The van der Waals surface area contributed by atoms with Gasteiger partial charge in [-0.3, -0.25) is 0 Å². The molecule has 2 fully saturated rings. The molecule has 0 amide bonds. The summed E-state index contributed by atoms with van der Waals surface area (Å²) in [5.74, 6) is 3.53. The lowest BCUT2D eigenvalue weighted by Crippen LogP contribution is -2.66. The Morgan fingerprint density at radius 3 is 2.00 bits per heavy atom. The maximum absolute atomic E-state index is 2.78. The SMILES string of the molecule is C1=CC2C3=CC=CC4c5cccc6c5C5B(C34)C3C2C(=C1)C=CC3C1(c2ccc3cccc4c3c2N2c3c-4cccc3-c3cccc4ccc1c2c34)C5C=C6. The zero-order valence-electron chi connectivity index (χ0n) is 30.2. The van der Waals surface area contributed by atoms with Crippen LogP contribution < -0.4 is 4.90 Å². The maximum atomic E-state index is 2.78. The maximum Gasteiger partial charge on any atom is 0.162 e. The first-order chi connectivity index (χ1) is 27.3. The number of nitrogens with zero attached hydrogens (tertiary/aromatic N) is 1. The first-order valence-corrected chi connectivity index (χ1v) is 20.6. The summed E-state index contributed by atoms with van der Waals surface area (Å²) in [6.45, 7) is 0.576. The molecule has 2 heteroatoms. The summed E-state index contributed by atoms with van der Waals surface area (Å²) in [4.78, 5) is 2.78. The number of hydrogen-bond acceptors (Lipinski definition) is 1. The highest BCUT2D eigenvalue weighted by molar-refractivity contribution is 6.67. The highest BCUT2D eigenvalue weighted by Gasteiger charge is 2.71. The molecule has 0 radical (unpaired) electrons. The van der Waals surface area contributed by atoms with Crippen LogP contribution in [0.5, 0.6) is 0 Å². The van der Waals surface area contributed by atoms with E-state index < -0.39 is 0 Å². The zero-order chi connectivity index (χ0) is 35.1. The van der Waals surface area contributed by atoms with Crippen LogP contribution in [-0.2, 0) is 5.41 Å². The molecule has 6 aromatic carbocycles. The predicted molar refractivity (Wildman–Crippen MR) is 227 cm³/mol. The molecule has 0 saturated carbocycles. The minimum Gasteiger partial charge on any atom is -0.307 e. The first kappa shape index (κ1) is 27.7. The van der Waals surface area contributed by atoms with E-state index in [4.69, 9.17) is 0 Å². The smallest absolute Gasteiger partial charge is 0.162 e. The molecule has 1 nitrogen and oxygen atoms in total. The van der Waals surface area contributed by atoms with Gasteiger partial charge in [0.1, 0.15) is 0 Å². The van der Waals surface area contributed by atoms with E-state index in [0.717, 1.165) is 0 Å². The van der Waals surface area contributed by atoms with E-state index in [2.05, 4.69) is 163 Å². The number of rotatable bonds is 0. The van der Waals surface area contributed by atoms with Crippen LogP contribution in [-0.4, -0.2) is 6.71 Å². The molecule has 4 aliphatic carbocycles. The Kier molecular flexibility index (Phi) is 4.44. The average Bonchev–Trinajstić information content (AvgIpc) is 3.24. The third-order valence-electron chi connectivity index (χ3n) is 16.7. The van der Waals surface area contributed by atoms with Crippen molar-refractivity contribution in [3.8, 4) is 22.3 Å². The molecule has 0 N–H and O–H groups in total. The molecule has 16 rings (SSSR count). The summed E-state index contributed by atoms with van der Waals surface area (Å²) >= 11 is 0. The normalized spacial score (nSPS) is 30.5. The van der Waals surface area contributed by atoms with E-state index in [1.165, 1.54) is 66.4 Å². The largest absolute Gasteiger partial charge is 0.307 e. The molecule has 0 aromatic heterocycles. The van der Waals surface area contributed by atoms with Gasteiger partial charge in [-0.15, -0.1) is 0 Å². The average molecular weight is 696 g/mol. The third kappa shape index (κ3) is 2.72. The van der Waals surface area contributed by atoms with E-state index in [1.807, 2.05) is 0 Å². The van der Waals surface area contributed by atoms with Gasteiger partial charge in [-0.05, 0) is 90.5 Å². The number of fused-ring (bicyclic) bond motifs is 8. The van der Waals surface area contributed by atoms with Gasteiger partial charge in [0.15, 0.2) is 6.71 Å². The number of para-hydroxylation sites is 1. The summed E-state index contributed by atoms with van der Waals surface area (Å²) in [7, 11) is 0. The second-order valence-corrected chi connectivity index (χ2v) is 18.1. The monoisotopic (exact) mass is 695 g/mol. The highest BCUT2D eigenvalue weighted by Crippen LogP contribution is 2.78. The van der Waals surface area contributed by atoms with Crippen molar-refractivity contribution < 1.29 is 0 Å². The fraction of sp³-hybridized carbons (Fsp3) is 0.170. The Morgan fingerprint density at radius 1 is 0.545 bits per heavy atom. The van der Waals surface area contributed by atoms with E-state index in [1.54, 1.807) is 33.4 Å².